The van der Waals surface area contributed by atoms with E-state index in [-0.39, 0.29) is 5.97 Å². The van der Waals surface area contributed by atoms with Gasteiger partial charge in [-0.25, -0.2) is 4.79 Å². The molecule has 4 rings (SSSR count). The molecule has 35 heavy (non-hydrogen) atoms. The van der Waals surface area contributed by atoms with Crippen LogP contribution in [0.4, 0.5) is 5.69 Å². The lowest BCUT2D eigenvalue weighted by Gasteiger charge is -2.37. The molecule has 0 aliphatic carbocycles. The van der Waals surface area contributed by atoms with E-state index in [1.165, 1.54) is 5.57 Å². The number of hydrogen-bond donors (Lipinski definition) is 0. The van der Waals surface area contributed by atoms with E-state index < -0.39 is 11.6 Å². The lowest BCUT2D eigenvalue weighted by Crippen LogP contribution is -2.47. The monoisotopic (exact) mass is 485 g/mol. The maximum Gasteiger partial charge on any atom is 0.333 e. The Labute approximate surface area is 213 Å². The fourth-order valence-corrected chi connectivity index (χ4v) is 5.51. The van der Waals surface area contributed by atoms with E-state index in [1.54, 1.807) is 0 Å². The van der Waals surface area contributed by atoms with E-state index in [2.05, 4.69) is 56.9 Å². The lowest BCUT2D eigenvalue weighted by molar-refractivity contribution is -0.143. The minimum absolute atomic E-state index is 0.258. The van der Waals surface area contributed by atoms with Gasteiger partial charge in [0.25, 0.3) is 0 Å². The fourth-order valence-electron chi connectivity index (χ4n) is 5.39. The number of benzene rings is 3. The molecular formula is C31H32ClNO2. The Morgan fingerprint density at radius 1 is 0.886 bits per heavy atom. The first-order chi connectivity index (χ1) is 16.8. The van der Waals surface area contributed by atoms with Crippen LogP contribution in [-0.2, 0) is 9.53 Å². The second kappa shape index (κ2) is 10.1. The van der Waals surface area contributed by atoms with Crippen LogP contribution in [0.2, 0.25) is 5.02 Å². The molecule has 4 heteroatoms. The quantitative estimate of drug-likeness (QED) is 0.346. The number of halogens is 1. The van der Waals surface area contributed by atoms with Gasteiger partial charge in [-0.05, 0) is 86.7 Å². The number of anilines is 1. The summed E-state index contributed by atoms with van der Waals surface area (Å²) < 4.78 is 5.71. The van der Waals surface area contributed by atoms with E-state index in [0.717, 1.165) is 33.5 Å². The normalized spacial score (nSPS) is 16.9. The summed E-state index contributed by atoms with van der Waals surface area (Å²) in [6.45, 7) is 10.8. The zero-order valence-electron chi connectivity index (χ0n) is 21.0. The van der Waals surface area contributed by atoms with Crippen LogP contribution in [0.25, 0.3) is 5.57 Å². The van der Waals surface area contributed by atoms with Gasteiger partial charge < -0.3 is 9.64 Å². The summed E-state index contributed by atoms with van der Waals surface area (Å²) >= 11 is 6.23. The predicted molar refractivity (Wildman–Crippen MR) is 146 cm³/mol. The lowest BCUT2D eigenvalue weighted by atomic mass is 9.82. The van der Waals surface area contributed by atoms with E-state index in [1.807, 2.05) is 67.6 Å². The number of carbonyl (C=O) groups is 1. The van der Waals surface area contributed by atoms with Crippen LogP contribution in [0.1, 0.15) is 45.7 Å². The van der Waals surface area contributed by atoms with Gasteiger partial charge in [-0.1, -0.05) is 77.8 Å². The van der Waals surface area contributed by atoms with Crippen LogP contribution in [0.3, 0.4) is 0 Å². The molecule has 0 bridgehead atoms. The van der Waals surface area contributed by atoms with Crippen molar-refractivity contribution >= 4 is 28.8 Å². The van der Waals surface area contributed by atoms with Gasteiger partial charge in [0.15, 0.2) is 6.04 Å². The van der Waals surface area contributed by atoms with Gasteiger partial charge in [-0.15, -0.1) is 0 Å². The topological polar surface area (TPSA) is 29.5 Å². The van der Waals surface area contributed by atoms with Crippen molar-refractivity contribution < 1.29 is 9.53 Å². The fraction of sp³-hybridized carbons (Fsp3) is 0.258. The second-order valence-corrected chi connectivity index (χ2v) is 9.89. The molecule has 0 aromatic heterocycles. The standard InChI is InChI=1S/C31H32ClNO2/c1-6-35-30(34)29-27(26(22-13-9-7-10-14-22)23-15-11-8-12-16-23)28(21(2)3)31(4,5)33(29)25-19-17-24(32)18-20-25/h7-20,29H,6H2,1-5H3. The van der Waals surface area contributed by atoms with Crippen LogP contribution >= 0.6 is 11.6 Å². The molecule has 0 amide bonds. The first-order valence-electron chi connectivity index (χ1n) is 12.0. The molecule has 1 unspecified atom stereocenters. The number of esters is 1. The Morgan fingerprint density at radius 3 is 1.86 bits per heavy atom. The molecule has 1 aliphatic rings. The molecule has 1 heterocycles. The number of carbonyl (C=O) groups excluding carboxylic acids is 1. The van der Waals surface area contributed by atoms with Crippen molar-refractivity contribution in [2.75, 3.05) is 11.5 Å². The molecule has 0 saturated carbocycles. The number of hydrogen-bond acceptors (Lipinski definition) is 3. The Morgan fingerprint density at radius 2 is 1.40 bits per heavy atom. The first-order valence-corrected chi connectivity index (χ1v) is 12.4. The van der Waals surface area contributed by atoms with Gasteiger partial charge in [0, 0.05) is 10.7 Å². The molecule has 3 aromatic carbocycles. The SMILES string of the molecule is CCOC(=O)C1C(=C(c2ccccc2)c2ccccc2)C(=C(C)C)C(C)(C)N1c1ccc(Cl)cc1. The zero-order chi connectivity index (χ0) is 25.2. The average Bonchev–Trinajstić information content (AvgIpc) is 3.08. The highest BCUT2D eigenvalue weighted by atomic mass is 35.5. The molecule has 180 valence electrons. The largest absolute Gasteiger partial charge is 0.464 e. The van der Waals surface area contributed by atoms with E-state index in [9.17, 15) is 4.79 Å². The molecule has 1 saturated heterocycles. The Balaban J connectivity index is 2.14. The summed E-state index contributed by atoms with van der Waals surface area (Å²) in [5.41, 5.74) is 6.92. The summed E-state index contributed by atoms with van der Waals surface area (Å²) in [5.74, 6) is -0.258. The van der Waals surface area contributed by atoms with Crippen molar-refractivity contribution in [3.63, 3.8) is 0 Å². The molecule has 1 aliphatic heterocycles. The van der Waals surface area contributed by atoms with Crippen molar-refractivity contribution in [1.82, 2.24) is 0 Å². The smallest absolute Gasteiger partial charge is 0.333 e. The van der Waals surface area contributed by atoms with Gasteiger partial charge in [-0.3, -0.25) is 0 Å². The zero-order valence-corrected chi connectivity index (χ0v) is 21.8. The van der Waals surface area contributed by atoms with E-state index >= 15 is 0 Å². The summed E-state index contributed by atoms with van der Waals surface area (Å²) in [4.78, 5) is 16.0. The molecule has 3 aromatic rings. The Bertz CT molecular complexity index is 1210. The van der Waals surface area contributed by atoms with E-state index in [4.69, 9.17) is 16.3 Å². The summed E-state index contributed by atoms with van der Waals surface area (Å²) in [6.07, 6.45) is 0. The Kier molecular flexibility index (Phi) is 7.18. The molecule has 0 radical (unpaired) electrons. The van der Waals surface area contributed by atoms with Crippen molar-refractivity contribution in [1.29, 1.82) is 0 Å². The van der Waals surface area contributed by atoms with Crippen LogP contribution in [0, 0.1) is 0 Å². The van der Waals surface area contributed by atoms with Crippen LogP contribution < -0.4 is 4.90 Å². The Hall–Kier alpha value is -3.30. The highest BCUT2D eigenvalue weighted by molar-refractivity contribution is 6.30. The summed E-state index contributed by atoms with van der Waals surface area (Å²) in [7, 11) is 0. The maximum atomic E-state index is 13.8. The van der Waals surface area contributed by atoms with Gasteiger partial charge in [0.05, 0.1) is 12.1 Å². The molecule has 3 nitrogen and oxygen atoms in total. The van der Waals surface area contributed by atoms with Crippen molar-refractivity contribution in [2.45, 2.75) is 46.2 Å². The highest BCUT2D eigenvalue weighted by Crippen LogP contribution is 2.50. The van der Waals surface area contributed by atoms with Crippen molar-refractivity contribution in [2.24, 2.45) is 0 Å². The van der Waals surface area contributed by atoms with Crippen molar-refractivity contribution in [3.05, 3.63) is 118 Å². The first kappa shape index (κ1) is 24.8. The van der Waals surface area contributed by atoms with Gasteiger partial charge >= 0.3 is 5.97 Å². The highest BCUT2D eigenvalue weighted by Gasteiger charge is 2.52. The predicted octanol–water partition coefficient (Wildman–Crippen LogP) is 7.71. The summed E-state index contributed by atoms with van der Waals surface area (Å²) in [5, 5.41) is 0.658. The molecule has 1 fully saturated rings. The van der Waals surface area contributed by atoms with Gasteiger partial charge in [-0.2, -0.15) is 0 Å². The third kappa shape index (κ3) is 4.66. The number of rotatable bonds is 5. The third-order valence-electron chi connectivity index (χ3n) is 6.52. The number of ether oxygens (including phenoxy) is 1. The van der Waals surface area contributed by atoms with Crippen LogP contribution in [0.5, 0.6) is 0 Å². The number of nitrogens with zero attached hydrogens (tertiary/aromatic N) is 1. The second-order valence-electron chi connectivity index (χ2n) is 9.46. The summed E-state index contributed by atoms with van der Waals surface area (Å²) in [6, 6.07) is 27.7. The number of allylic oxidation sites excluding steroid dienone is 1. The minimum Gasteiger partial charge on any atom is -0.464 e. The van der Waals surface area contributed by atoms with Crippen LogP contribution in [0.15, 0.2) is 102 Å². The van der Waals surface area contributed by atoms with Gasteiger partial charge in [0.1, 0.15) is 0 Å². The molecule has 0 spiro atoms. The minimum atomic E-state index is -0.619. The average molecular weight is 486 g/mol. The third-order valence-corrected chi connectivity index (χ3v) is 6.78. The molecular weight excluding hydrogens is 454 g/mol. The molecule has 0 N–H and O–H groups in total. The van der Waals surface area contributed by atoms with Crippen LogP contribution in [-0.4, -0.2) is 24.2 Å². The van der Waals surface area contributed by atoms with Crippen molar-refractivity contribution in [3.8, 4) is 0 Å². The van der Waals surface area contributed by atoms with E-state index in [0.29, 0.717) is 11.6 Å². The molecule has 1 atom stereocenters. The van der Waals surface area contributed by atoms with Gasteiger partial charge in [0.2, 0.25) is 0 Å². The maximum absolute atomic E-state index is 13.8.